The molecule has 0 aromatic heterocycles. The smallest absolute Gasteiger partial charge is 0.409 e. The lowest BCUT2D eigenvalue weighted by Crippen LogP contribution is -2.16. The topological polar surface area (TPSA) is 87.6 Å². The number of carbonyl (C=O) groups is 1. The van der Waals surface area contributed by atoms with E-state index < -0.39 is 6.09 Å². The van der Waals surface area contributed by atoms with Crippen LogP contribution in [0.3, 0.4) is 0 Å². The lowest BCUT2D eigenvalue weighted by atomic mass is 10.0. The highest BCUT2D eigenvalue weighted by atomic mass is 16.5. The minimum atomic E-state index is -0.819. The van der Waals surface area contributed by atoms with Crippen molar-refractivity contribution < 1.29 is 14.3 Å². The van der Waals surface area contributed by atoms with Crippen LogP contribution >= 0.6 is 0 Å². The Labute approximate surface area is 171 Å². The Bertz CT molecular complexity index is 942. The molecule has 0 radical (unpaired) electrons. The molecule has 0 atom stereocenters. The predicted octanol–water partition coefficient (Wildman–Crippen LogP) is 4.32. The molecular formula is C24H26N2O3. The molecule has 3 rings (SSSR count). The maximum absolute atomic E-state index is 11.3. The highest BCUT2D eigenvalue weighted by Crippen LogP contribution is 2.31. The van der Waals surface area contributed by atoms with Gasteiger partial charge in [0.25, 0.3) is 0 Å². The molecule has 0 bridgehead atoms. The van der Waals surface area contributed by atoms with Crippen molar-refractivity contribution >= 4 is 6.09 Å². The van der Waals surface area contributed by atoms with Gasteiger partial charge in [-0.15, -0.1) is 0 Å². The molecule has 5 heteroatoms. The molecule has 0 saturated heterocycles. The Balaban J connectivity index is 1.62. The van der Waals surface area contributed by atoms with E-state index in [0.717, 1.165) is 41.7 Å². The number of ether oxygens (including phenoxy) is 2. The second kappa shape index (κ2) is 10.3. The van der Waals surface area contributed by atoms with Gasteiger partial charge >= 0.3 is 6.09 Å². The van der Waals surface area contributed by atoms with Gasteiger partial charge in [0.05, 0.1) is 6.61 Å². The molecule has 0 unspecified atom stereocenters. The number of rotatable bonds is 9. The lowest BCUT2D eigenvalue weighted by molar-refractivity contribution is 0.211. The van der Waals surface area contributed by atoms with Gasteiger partial charge in [0.2, 0.25) is 0 Å². The van der Waals surface area contributed by atoms with Gasteiger partial charge < -0.3 is 20.9 Å². The summed E-state index contributed by atoms with van der Waals surface area (Å²) < 4.78 is 11.1. The third-order valence-corrected chi connectivity index (χ3v) is 4.55. The predicted molar refractivity (Wildman–Crippen MR) is 115 cm³/mol. The average molecular weight is 390 g/mol. The number of nitrogens with two attached hydrogens (primary N) is 2. The molecule has 0 heterocycles. The standard InChI is InChI=1S/C24H26N2O3/c25-14-13-19-6-4-10-21(16-19)28-15-5-7-18-11-12-22(20-8-2-1-3-9-20)23(17-18)29-24(26)27/h1-4,6,8-12,16-17H,5,7,13-15,25H2,(H2,26,27). The van der Waals surface area contributed by atoms with Gasteiger partial charge in [-0.1, -0.05) is 54.6 Å². The first kappa shape index (κ1) is 20.4. The Hall–Kier alpha value is -3.31. The molecule has 4 N–H and O–H groups in total. The van der Waals surface area contributed by atoms with E-state index in [-0.39, 0.29) is 0 Å². The Morgan fingerprint density at radius 1 is 0.862 bits per heavy atom. The van der Waals surface area contributed by atoms with Gasteiger partial charge in [0.1, 0.15) is 11.5 Å². The van der Waals surface area contributed by atoms with Crippen molar-refractivity contribution in [2.24, 2.45) is 11.5 Å². The van der Waals surface area contributed by atoms with E-state index >= 15 is 0 Å². The minimum Gasteiger partial charge on any atom is -0.494 e. The summed E-state index contributed by atoms with van der Waals surface area (Å²) in [4.78, 5) is 11.3. The second-order valence-corrected chi connectivity index (χ2v) is 6.76. The second-order valence-electron chi connectivity index (χ2n) is 6.76. The number of aryl methyl sites for hydroxylation is 1. The molecule has 0 spiro atoms. The highest BCUT2D eigenvalue weighted by molar-refractivity contribution is 5.76. The first-order chi connectivity index (χ1) is 14.2. The zero-order valence-corrected chi connectivity index (χ0v) is 16.3. The quantitative estimate of drug-likeness (QED) is 0.533. The van der Waals surface area contributed by atoms with Crippen molar-refractivity contribution in [3.05, 3.63) is 83.9 Å². The van der Waals surface area contributed by atoms with Crippen LogP contribution in [0.4, 0.5) is 4.79 Å². The van der Waals surface area contributed by atoms with E-state index in [1.165, 1.54) is 5.56 Å². The van der Waals surface area contributed by atoms with E-state index in [1.807, 2.05) is 72.8 Å². The Morgan fingerprint density at radius 2 is 1.66 bits per heavy atom. The summed E-state index contributed by atoms with van der Waals surface area (Å²) in [6.07, 6.45) is 1.65. The summed E-state index contributed by atoms with van der Waals surface area (Å²) in [5.74, 6) is 1.32. The third kappa shape index (κ3) is 6.09. The molecule has 3 aromatic carbocycles. The molecule has 0 aliphatic carbocycles. The van der Waals surface area contributed by atoms with Gasteiger partial charge in [-0.2, -0.15) is 0 Å². The summed E-state index contributed by atoms with van der Waals surface area (Å²) in [7, 11) is 0. The molecular weight excluding hydrogens is 364 g/mol. The van der Waals surface area contributed by atoms with Crippen LogP contribution in [0.25, 0.3) is 11.1 Å². The van der Waals surface area contributed by atoms with Gasteiger partial charge in [0, 0.05) is 5.56 Å². The first-order valence-electron chi connectivity index (χ1n) is 9.73. The SMILES string of the molecule is NCCc1cccc(OCCCc2ccc(-c3ccccc3)c(OC(N)=O)c2)c1. The molecule has 0 fully saturated rings. The maximum Gasteiger partial charge on any atom is 0.409 e. The number of amides is 1. The van der Waals surface area contributed by atoms with E-state index in [9.17, 15) is 4.79 Å². The van der Waals surface area contributed by atoms with Crippen molar-refractivity contribution in [2.45, 2.75) is 19.3 Å². The van der Waals surface area contributed by atoms with E-state index in [1.54, 1.807) is 0 Å². The van der Waals surface area contributed by atoms with Crippen molar-refractivity contribution in [3.63, 3.8) is 0 Å². The van der Waals surface area contributed by atoms with Crippen LogP contribution in [0.5, 0.6) is 11.5 Å². The fraction of sp³-hybridized carbons (Fsp3) is 0.208. The van der Waals surface area contributed by atoms with Gasteiger partial charge in [-0.05, 0) is 60.7 Å². The number of primary amides is 1. The van der Waals surface area contributed by atoms with E-state index in [2.05, 4.69) is 0 Å². The number of hydrogen-bond acceptors (Lipinski definition) is 4. The molecule has 29 heavy (non-hydrogen) atoms. The monoisotopic (exact) mass is 390 g/mol. The Morgan fingerprint density at radius 3 is 2.41 bits per heavy atom. The molecule has 3 aromatic rings. The molecule has 0 aliphatic heterocycles. The fourth-order valence-corrected chi connectivity index (χ4v) is 3.20. The van der Waals surface area contributed by atoms with Crippen LogP contribution in [0.15, 0.2) is 72.8 Å². The van der Waals surface area contributed by atoms with Crippen molar-refractivity contribution in [3.8, 4) is 22.6 Å². The average Bonchev–Trinajstić information content (AvgIpc) is 2.72. The normalized spacial score (nSPS) is 10.5. The van der Waals surface area contributed by atoms with Gasteiger partial charge in [0.15, 0.2) is 0 Å². The van der Waals surface area contributed by atoms with E-state index in [4.69, 9.17) is 20.9 Å². The summed E-state index contributed by atoms with van der Waals surface area (Å²) in [5.41, 5.74) is 14.9. The number of benzene rings is 3. The summed E-state index contributed by atoms with van der Waals surface area (Å²) in [5, 5.41) is 0. The molecule has 5 nitrogen and oxygen atoms in total. The highest BCUT2D eigenvalue weighted by Gasteiger charge is 2.10. The van der Waals surface area contributed by atoms with Crippen molar-refractivity contribution in [2.75, 3.05) is 13.2 Å². The third-order valence-electron chi connectivity index (χ3n) is 4.55. The maximum atomic E-state index is 11.3. The minimum absolute atomic E-state index is 0.469. The number of carbonyl (C=O) groups excluding carboxylic acids is 1. The van der Waals surface area contributed by atoms with Crippen molar-refractivity contribution in [1.29, 1.82) is 0 Å². The largest absolute Gasteiger partial charge is 0.494 e. The molecule has 1 amide bonds. The van der Waals surface area contributed by atoms with Crippen LogP contribution in [-0.2, 0) is 12.8 Å². The lowest BCUT2D eigenvalue weighted by Gasteiger charge is -2.12. The molecule has 0 saturated carbocycles. The van der Waals surface area contributed by atoms with Crippen LogP contribution in [0, 0.1) is 0 Å². The van der Waals surface area contributed by atoms with Crippen LogP contribution < -0.4 is 20.9 Å². The van der Waals surface area contributed by atoms with Gasteiger partial charge in [-0.3, -0.25) is 0 Å². The fourth-order valence-electron chi connectivity index (χ4n) is 3.20. The van der Waals surface area contributed by atoms with Crippen molar-refractivity contribution in [1.82, 2.24) is 0 Å². The van der Waals surface area contributed by atoms with Crippen LogP contribution in [0.1, 0.15) is 17.5 Å². The number of hydrogen-bond donors (Lipinski definition) is 2. The summed E-state index contributed by atoms with van der Waals surface area (Å²) >= 11 is 0. The molecule has 0 aliphatic rings. The van der Waals surface area contributed by atoms with Gasteiger partial charge in [-0.25, -0.2) is 4.79 Å². The van der Waals surface area contributed by atoms with E-state index in [0.29, 0.717) is 18.9 Å². The summed E-state index contributed by atoms with van der Waals surface area (Å²) in [6, 6.07) is 23.6. The Kier molecular flexibility index (Phi) is 7.25. The zero-order valence-electron chi connectivity index (χ0n) is 16.3. The molecule has 150 valence electrons. The zero-order chi connectivity index (χ0) is 20.5. The van der Waals surface area contributed by atoms with Crippen LogP contribution in [-0.4, -0.2) is 19.2 Å². The first-order valence-corrected chi connectivity index (χ1v) is 9.73. The summed E-state index contributed by atoms with van der Waals surface area (Å²) in [6.45, 7) is 1.22. The van der Waals surface area contributed by atoms with Crippen LogP contribution in [0.2, 0.25) is 0 Å².